The van der Waals surface area contributed by atoms with E-state index in [0.717, 1.165) is 25.7 Å². The van der Waals surface area contributed by atoms with Crippen molar-refractivity contribution in [1.29, 1.82) is 0 Å². The van der Waals surface area contributed by atoms with Crippen LogP contribution in [0.1, 0.15) is 31.7 Å². The number of benzene rings is 1. The summed E-state index contributed by atoms with van der Waals surface area (Å²) in [5, 5.41) is 0. The van der Waals surface area contributed by atoms with Crippen molar-refractivity contribution in [2.75, 3.05) is 14.1 Å². The first kappa shape index (κ1) is 13.8. The molecule has 1 aromatic rings. The minimum absolute atomic E-state index is 0.176. The molecule has 0 aliphatic rings. The lowest BCUT2D eigenvalue weighted by molar-refractivity contribution is -0.133. The van der Waals surface area contributed by atoms with Gasteiger partial charge in [-0.1, -0.05) is 43.7 Å². The van der Waals surface area contributed by atoms with Crippen LogP contribution in [0.25, 0.3) is 0 Å². The summed E-state index contributed by atoms with van der Waals surface area (Å²) in [5.41, 5.74) is 1.32. The van der Waals surface area contributed by atoms with Crippen LogP contribution >= 0.6 is 0 Å². The third kappa shape index (κ3) is 4.59. The van der Waals surface area contributed by atoms with Gasteiger partial charge in [0, 0.05) is 20.0 Å². The Hall–Kier alpha value is -1.31. The van der Waals surface area contributed by atoms with E-state index < -0.39 is 0 Å². The van der Waals surface area contributed by atoms with E-state index in [9.17, 15) is 4.79 Å². The molecule has 1 atom stereocenters. The highest BCUT2D eigenvalue weighted by atomic mass is 16.2. The van der Waals surface area contributed by atoms with Crippen LogP contribution in [0, 0.1) is 5.92 Å². The Labute approximate surface area is 105 Å². The van der Waals surface area contributed by atoms with Crippen molar-refractivity contribution in [1.82, 2.24) is 4.90 Å². The van der Waals surface area contributed by atoms with Crippen molar-refractivity contribution in [3.63, 3.8) is 0 Å². The topological polar surface area (TPSA) is 20.3 Å². The highest BCUT2D eigenvalue weighted by Gasteiger charge is 2.18. The molecule has 2 heteroatoms. The maximum atomic E-state index is 12.0. The summed E-state index contributed by atoms with van der Waals surface area (Å²) >= 11 is 0. The fraction of sp³-hybridized carbons (Fsp3) is 0.533. The normalized spacial score (nSPS) is 12.2. The standard InChI is InChI=1S/C15H23NO/c1-4-8-14(15(17)16(2)3)12-11-13-9-6-5-7-10-13/h5-7,9-10,14H,4,8,11-12H2,1-3H3. The average Bonchev–Trinajstić information content (AvgIpc) is 2.34. The van der Waals surface area contributed by atoms with Crippen molar-refractivity contribution in [3.8, 4) is 0 Å². The lowest BCUT2D eigenvalue weighted by atomic mass is 9.94. The van der Waals surface area contributed by atoms with Gasteiger partial charge in [-0.25, -0.2) is 0 Å². The summed E-state index contributed by atoms with van der Waals surface area (Å²) in [6.07, 6.45) is 4.00. The predicted octanol–water partition coefficient (Wildman–Crippen LogP) is 3.12. The van der Waals surface area contributed by atoms with Gasteiger partial charge in [0.05, 0.1) is 0 Å². The lowest BCUT2D eigenvalue weighted by Gasteiger charge is -2.20. The van der Waals surface area contributed by atoms with E-state index in [2.05, 4.69) is 31.2 Å². The first-order valence-electron chi connectivity index (χ1n) is 6.40. The summed E-state index contributed by atoms with van der Waals surface area (Å²) < 4.78 is 0. The molecule has 0 aliphatic carbocycles. The Kier molecular flexibility index (Phi) is 5.75. The third-order valence-electron chi connectivity index (χ3n) is 3.05. The summed E-state index contributed by atoms with van der Waals surface area (Å²) in [6, 6.07) is 10.4. The van der Waals surface area contributed by atoms with Gasteiger partial charge in [-0.3, -0.25) is 4.79 Å². The highest BCUT2D eigenvalue weighted by Crippen LogP contribution is 2.17. The monoisotopic (exact) mass is 233 g/mol. The molecule has 94 valence electrons. The Morgan fingerprint density at radius 1 is 1.18 bits per heavy atom. The van der Waals surface area contributed by atoms with Crippen LogP contribution in [-0.4, -0.2) is 24.9 Å². The van der Waals surface area contributed by atoms with Crippen LogP contribution in [0.5, 0.6) is 0 Å². The van der Waals surface area contributed by atoms with Crippen molar-refractivity contribution in [2.45, 2.75) is 32.6 Å². The zero-order chi connectivity index (χ0) is 12.7. The molecule has 0 heterocycles. The average molecular weight is 233 g/mol. The first-order valence-corrected chi connectivity index (χ1v) is 6.40. The van der Waals surface area contributed by atoms with E-state index in [4.69, 9.17) is 0 Å². The van der Waals surface area contributed by atoms with E-state index in [1.54, 1.807) is 4.90 Å². The highest BCUT2D eigenvalue weighted by molar-refractivity contribution is 5.78. The van der Waals surface area contributed by atoms with Gasteiger partial charge in [0.1, 0.15) is 0 Å². The number of rotatable bonds is 6. The van der Waals surface area contributed by atoms with E-state index in [1.807, 2.05) is 20.2 Å². The number of nitrogens with zero attached hydrogens (tertiary/aromatic N) is 1. The largest absolute Gasteiger partial charge is 0.349 e. The van der Waals surface area contributed by atoms with Gasteiger partial charge in [-0.2, -0.15) is 0 Å². The molecule has 0 radical (unpaired) electrons. The van der Waals surface area contributed by atoms with Crippen LogP contribution in [-0.2, 0) is 11.2 Å². The van der Waals surface area contributed by atoms with Gasteiger partial charge < -0.3 is 4.90 Å². The molecule has 0 saturated heterocycles. The molecule has 0 saturated carbocycles. The molecule has 1 aromatic carbocycles. The number of aryl methyl sites for hydroxylation is 1. The molecular weight excluding hydrogens is 210 g/mol. The summed E-state index contributed by atoms with van der Waals surface area (Å²) in [4.78, 5) is 13.7. The van der Waals surface area contributed by atoms with E-state index in [0.29, 0.717) is 0 Å². The second kappa shape index (κ2) is 7.10. The second-order valence-electron chi connectivity index (χ2n) is 4.74. The van der Waals surface area contributed by atoms with Gasteiger partial charge in [0.15, 0.2) is 0 Å². The zero-order valence-corrected chi connectivity index (χ0v) is 11.1. The minimum atomic E-state index is 0.176. The zero-order valence-electron chi connectivity index (χ0n) is 11.1. The fourth-order valence-electron chi connectivity index (χ4n) is 2.09. The molecule has 1 rings (SSSR count). The van der Waals surface area contributed by atoms with Crippen LogP contribution in [0.15, 0.2) is 30.3 Å². The first-order chi connectivity index (χ1) is 8.15. The molecule has 0 N–H and O–H groups in total. The van der Waals surface area contributed by atoms with Crippen LogP contribution < -0.4 is 0 Å². The van der Waals surface area contributed by atoms with Crippen molar-refractivity contribution >= 4 is 5.91 Å². The molecule has 1 unspecified atom stereocenters. The molecule has 0 aliphatic heterocycles. The van der Waals surface area contributed by atoms with Gasteiger partial charge in [-0.05, 0) is 24.8 Å². The number of carbonyl (C=O) groups is 1. The number of hydrogen-bond donors (Lipinski definition) is 0. The Bertz CT molecular complexity index is 332. The number of carbonyl (C=O) groups excluding carboxylic acids is 1. The maximum absolute atomic E-state index is 12.0. The molecule has 0 fully saturated rings. The van der Waals surface area contributed by atoms with Crippen molar-refractivity contribution < 1.29 is 4.79 Å². The summed E-state index contributed by atoms with van der Waals surface area (Å²) in [5.74, 6) is 0.443. The Balaban J connectivity index is 2.53. The van der Waals surface area contributed by atoms with Gasteiger partial charge in [0.25, 0.3) is 0 Å². The van der Waals surface area contributed by atoms with E-state index in [1.165, 1.54) is 5.56 Å². The molecular formula is C15H23NO. The quantitative estimate of drug-likeness (QED) is 0.739. The molecule has 2 nitrogen and oxygen atoms in total. The van der Waals surface area contributed by atoms with E-state index >= 15 is 0 Å². The molecule has 0 aromatic heterocycles. The summed E-state index contributed by atoms with van der Waals surface area (Å²) in [7, 11) is 3.68. The van der Waals surface area contributed by atoms with Crippen molar-refractivity contribution in [3.05, 3.63) is 35.9 Å². The fourth-order valence-corrected chi connectivity index (χ4v) is 2.09. The molecule has 1 amide bonds. The van der Waals surface area contributed by atoms with Crippen molar-refractivity contribution in [2.24, 2.45) is 5.92 Å². The van der Waals surface area contributed by atoms with Crippen LogP contribution in [0.4, 0.5) is 0 Å². The van der Waals surface area contributed by atoms with E-state index in [-0.39, 0.29) is 11.8 Å². The molecule has 0 bridgehead atoms. The van der Waals surface area contributed by atoms with Crippen LogP contribution in [0.3, 0.4) is 0 Å². The van der Waals surface area contributed by atoms with Gasteiger partial charge in [0.2, 0.25) is 5.91 Å². The number of amides is 1. The smallest absolute Gasteiger partial charge is 0.225 e. The summed E-state index contributed by atoms with van der Waals surface area (Å²) in [6.45, 7) is 2.14. The SMILES string of the molecule is CCCC(CCc1ccccc1)C(=O)N(C)C. The van der Waals surface area contributed by atoms with Gasteiger partial charge >= 0.3 is 0 Å². The Morgan fingerprint density at radius 2 is 1.82 bits per heavy atom. The minimum Gasteiger partial charge on any atom is -0.349 e. The predicted molar refractivity (Wildman–Crippen MR) is 71.9 cm³/mol. The third-order valence-corrected chi connectivity index (χ3v) is 3.05. The lowest BCUT2D eigenvalue weighted by Crippen LogP contribution is -2.29. The maximum Gasteiger partial charge on any atom is 0.225 e. The molecule has 17 heavy (non-hydrogen) atoms. The van der Waals surface area contributed by atoms with Gasteiger partial charge in [-0.15, -0.1) is 0 Å². The Morgan fingerprint density at radius 3 is 2.35 bits per heavy atom. The second-order valence-corrected chi connectivity index (χ2v) is 4.74. The molecule has 0 spiro atoms. The number of hydrogen-bond acceptors (Lipinski definition) is 1. The van der Waals surface area contributed by atoms with Crippen LogP contribution in [0.2, 0.25) is 0 Å².